The van der Waals surface area contributed by atoms with E-state index in [9.17, 15) is 4.79 Å². The van der Waals surface area contributed by atoms with E-state index in [-0.39, 0.29) is 23.8 Å². The molecule has 0 saturated heterocycles. The van der Waals surface area contributed by atoms with Crippen LogP contribution in [0.25, 0.3) is 0 Å². The zero-order valence-electron chi connectivity index (χ0n) is 12.2. The molecule has 20 heavy (non-hydrogen) atoms. The molecule has 3 heteroatoms. The van der Waals surface area contributed by atoms with Gasteiger partial charge in [-0.3, -0.25) is 4.79 Å². The van der Waals surface area contributed by atoms with Gasteiger partial charge in [-0.15, -0.1) is 0 Å². The fraction of sp³-hybridized carbons (Fsp3) is 0.588. The summed E-state index contributed by atoms with van der Waals surface area (Å²) in [5.41, 5.74) is 7.02. The molecule has 1 aromatic carbocycles. The van der Waals surface area contributed by atoms with Crippen LogP contribution >= 0.6 is 0 Å². The number of hydrogen-bond donors (Lipinski definition) is 1. The molecule has 2 fully saturated rings. The number of nitrogens with two attached hydrogens (primary N) is 1. The van der Waals surface area contributed by atoms with Gasteiger partial charge in [-0.25, -0.2) is 0 Å². The Morgan fingerprint density at radius 2 is 2.05 bits per heavy atom. The Balaban J connectivity index is 1.80. The first kappa shape index (κ1) is 13.6. The van der Waals surface area contributed by atoms with E-state index in [0.29, 0.717) is 11.8 Å². The predicted octanol–water partition coefficient (Wildman–Crippen LogP) is 3.03. The van der Waals surface area contributed by atoms with Gasteiger partial charge in [0.1, 0.15) is 5.75 Å². The van der Waals surface area contributed by atoms with Crippen molar-refractivity contribution < 1.29 is 9.53 Å². The highest BCUT2D eigenvalue weighted by atomic mass is 16.5. The molecule has 2 N–H and O–H groups in total. The van der Waals surface area contributed by atoms with Gasteiger partial charge >= 0.3 is 0 Å². The van der Waals surface area contributed by atoms with Gasteiger partial charge < -0.3 is 10.5 Å². The zero-order chi connectivity index (χ0) is 14.3. The Morgan fingerprint density at radius 3 is 2.70 bits per heavy atom. The molecule has 0 amide bonds. The van der Waals surface area contributed by atoms with Crippen molar-refractivity contribution in [3.8, 4) is 5.75 Å². The second-order valence-electron chi connectivity index (χ2n) is 6.50. The first-order valence-electron chi connectivity index (χ1n) is 7.63. The van der Waals surface area contributed by atoms with Crippen LogP contribution in [0.5, 0.6) is 5.75 Å². The minimum absolute atomic E-state index is 0.0167. The zero-order valence-corrected chi connectivity index (χ0v) is 12.2. The molecule has 2 bridgehead atoms. The van der Waals surface area contributed by atoms with E-state index in [2.05, 4.69) is 0 Å². The third-order valence-corrected chi connectivity index (χ3v) is 4.77. The maximum atomic E-state index is 12.7. The molecule has 0 heterocycles. The number of rotatable bonds is 4. The third-order valence-electron chi connectivity index (χ3n) is 4.77. The van der Waals surface area contributed by atoms with E-state index in [1.807, 2.05) is 38.1 Å². The molecule has 2 saturated carbocycles. The summed E-state index contributed by atoms with van der Waals surface area (Å²) in [6.07, 6.45) is 3.62. The lowest BCUT2D eigenvalue weighted by Gasteiger charge is -2.27. The number of hydrogen-bond acceptors (Lipinski definition) is 3. The second-order valence-corrected chi connectivity index (χ2v) is 6.50. The van der Waals surface area contributed by atoms with E-state index in [4.69, 9.17) is 10.5 Å². The summed E-state index contributed by atoms with van der Waals surface area (Å²) in [6.45, 7) is 3.97. The lowest BCUT2D eigenvalue weighted by Crippen LogP contribution is -2.40. The fourth-order valence-corrected chi connectivity index (χ4v) is 3.91. The average molecular weight is 273 g/mol. The number of fused-ring (bicyclic) bond motifs is 2. The fourth-order valence-electron chi connectivity index (χ4n) is 3.91. The molecule has 2 aliphatic rings. The highest BCUT2D eigenvalue weighted by molar-refractivity contribution is 5.99. The van der Waals surface area contributed by atoms with Crippen LogP contribution in [0.4, 0.5) is 0 Å². The number of benzene rings is 1. The molecule has 4 atom stereocenters. The molecular weight excluding hydrogens is 250 g/mol. The van der Waals surface area contributed by atoms with Crippen molar-refractivity contribution >= 4 is 5.78 Å². The molecule has 3 nitrogen and oxygen atoms in total. The van der Waals surface area contributed by atoms with Gasteiger partial charge in [-0.1, -0.05) is 12.1 Å². The lowest BCUT2D eigenvalue weighted by atomic mass is 9.80. The van der Waals surface area contributed by atoms with Crippen LogP contribution in [-0.2, 0) is 0 Å². The number of Topliss-reactive ketones (excluding diaryl/α,β-unsaturated/α-hetero) is 1. The van der Waals surface area contributed by atoms with Crippen LogP contribution in [0.1, 0.15) is 43.5 Å². The van der Waals surface area contributed by atoms with Crippen molar-refractivity contribution in [2.24, 2.45) is 23.5 Å². The maximum absolute atomic E-state index is 12.7. The highest BCUT2D eigenvalue weighted by Gasteiger charge is 2.49. The molecular formula is C17H23NO2. The van der Waals surface area contributed by atoms with Crippen molar-refractivity contribution in [1.29, 1.82) is 0 Å². The van der Waals surface area contributed by atoms with Gasteiger partial charge in [-0.2, -0.15) is 0 Å². The summed E-state index contributed by atoms with van der Waals surface area (Å²) in [5, 5.41) is 0. The van der Waals surface area contributed by atoms with Gasteiger partial charge in [0.05, 0.1) is 6.10 Å². The topological polar surface area (TPSA) is 52.3 Å². The summed E-state index contributed by atoms with van der Waals surface area (Å²) >= 11 is 0. The third kappa shape index (κ3) is 2.35. The highest BCUT2D eigenvalue weighted by Crippen LogP contribution is 2.48. The number of ether oxygens (including phenoxy) is 1. The second kappa shape index (κ2) is 5.21. The molecule has 1 aromatic rings. The van der Waals surface area contributed by atoms with Gasteiger partial charge in [0.2, 0.25) is 0 Å². The van der Waals surface area contributed by atoms with E-state index >= 15 is 0 Å². The summed E-state index contributed by atoms with van der Waals surface area (Å²) in [7, 11) is 0. The van der Waals surface area contributed by atoms with Gasteiger partial charge in [0.15, 0.2) is 5.78 Å². The van der Waals surface area contributed by atoms with E-state index in [0.717, 1.165) is 24.2 Å². The minimum Gasteiger partial charge on any atom is -0.491 e. The van der Waals surface area contributed by atoms with Crippen molar-refractivity contribution in [3.05, 3.63) is 29.8 Å². The first-order chi connectivity index (χ1) is 9.56. The van der Waals surface area contributed by atoms with Gasteiger partial charge in [-0.05, 0) is 57.1 Å². The number of carbonyl (C=O) groups is 1. The maximum Gasteiger partial charge on any atom is 0.167 e. The smallest absolute Gasteiger partial charge is 0.167 e. The monoisotopic (exact) mass is 273 g/mol. The molecule has 2 aliphatic carbocycles. The molecule has 4 unspecified atom stereocenters. The van der Waals surface area contributed by atoms with E-state index < -0.39 is 0 Å². The van der Waals surface area contributed by atoms with Crippen LogP contribution < -0.4 is 10.5 Å². The predicted molar refractivity (Wildman–Crippen MR) is 78.8 cm³/mol. The summed E-state index contributed by atoms with van der Waals surface area (Å²) in [4.78, 5) is 12.7. The first-order valence-corrected chi connectivity index (χ1v) is 7.63. The molecule has 3 rings (SSSR count). The van der Waals surface area contributed by atoms with Crippen LogP contribution in [0.2, 0.25) is 0 Å². The van der Waals surface area contributed by atoms with Crippen molar-refractivity contribution in [3.63, 3.8) is 0 Å². The molecule has 0 aliphatic heterocycles. The summed E-state index contributed by atoms with van der Waals surface area (Å²) < 4.78 is 5.67. The van der Waals surface area contributed by atoms with Crippen LogP contribution in [-0.4, -0.2) is 17.9 Å². The Bertz CT molecular complexity index is 509. The Labute approximate surface area is 120 Å². The van der Waals surface area contributed by atoms with Crippen LogP contribution in [0, 0.1) is 17.8 Å². The minimum atomic E-state index is 0.0167. The molecule has 0 spiro atoms. The van der Waals surface area contributed by atoms with E-state index in [1.165, 1.54) is 6.42 Å². The quantitative estimate of drug-likeness (QED) is 0.858. The van der Waals surface area contributed by atoms with Crippen molar-refractivity contribution in [1.82, 2.24) is 0 Å². The van der Waals surface area contributed by atoms with Gasteiger partial charge in [0.25, 0.3) is 0 Å². The summed E-state index contributed by atoms with van der Waals surface area (Å²) in [6, 6.07) is 7.59. The molecule has 108 valence electrons. The van der Waals surface area contributed by atoms with Gasteiger partial charge in [0, 0.05) is 17.5 Å². The lowest BCUT2D eigenvalue weighted by molar-refractivity contribution is 0.0855. The largest absolute Gasteiger partial charge is 0.491 e. The van der Waals surface area contributed by atoms with E-state index in [1.54, 1.807) is 0 Å². The average Bonchev–Trinajstić information content (AvgIpc) is 2.98. The summed E-state index contributed by atoms with van der Waals surface area (Å²) in [5.74, 6) is 2.05. The SMILES string of the molecule is CC(C)Oc1cccc(C(=O)C2C3CCC(C3)C2N)c1. The Kier molecular flexibility index (Phi) is 3.55. The van der Waals surface area contributed by atoms with Crippen molar-refractivity contribution in [2.45, 2.75) is 45.3 Å². The number of ketones is 1. The molecule has 0 aromatic heterocycles. The van der Waals surface area contributed by atoms with Crippen molar-refractivity contribution in [2.75, 3.05) is 0 Å². The standard InChI is InChI=1S/C17H23NO2/c1-10(2)20-14-5-3-4-13(9-14)17(19)15-11-6-7-12(8-11)16(15)18/h3-5,9-12,15-16H,6-8,18H2,1-2H3. The Hall–Kier alpha value is -1.35. The normalized spacial score (nSPS) is 31.8. The Morgan fingerprint density at radius 1 is 1.30 bits per heavy atom. The number of carbonyl (C=O) groups excluding carboxylic acids is 1. The van der Waals surface area contributed by atoms with Crippen LogP contribution in [0.15, 0.2) is 24.3 Å². The van der Waals surface area contributed by atoms with Crippen LogP contribution in [0.3, 0.4) is 0 Å². The molecule has 0 radical (unpaired) electrons.